The molecule has 1 unspecified atom stereocenters. The average molecular weight is 392 g/mol. The Morgan fingerprint density at radius 3 is 2.62 bits per heavy atom. The second kappa shape index (κ2) is 6.46. The molecule has 5 rings (SSSR count). The van der Waals surface area contributed by atoms with Crippen LogP contribution in [0.1, 0.15) is 25.3 Å². The van der Waals surface area contributed by atoms with E-state index in [-0.39, 0.29) is 30.4 Å². The summed E-state index contributed by atoms with van der Waals surface area (Å²) in [6.45, 7) is 2.16. The van der Waals surface area contributed by atoms with Gasteiger partial charge in [0.25, 0.3) is 0 Å². The smallest absolute Gasteiger partial charge is 0.332 e. The van der Waals surface area contributed by atoms with Crippen LogP contribution in [-0.4, -0.2) is 55.1 Å². The first-order valence-electron chi connectivity index (χ1n) is 9.92. The van der Waals surface area contributed by atoms with Crippen LogP contribution in [0.3, 0.4) is 0 Å². The summed E-state index contributed by atoms with van der Waals surface area (Å²) in [6, 6.07) is 7.79. The molecule has 0 radical (unpaired) electrons. The van der Waals surface area contributed by atoms with E-state index < -0.39 is 5.60 Å². The Hall–Kier alpha value is -2.59. The van der Waals surface area contributed by atoms with Crippen molar-refractivity contribution in [2.45, 2.75) is 49.8 Å². The van der Waals surface area contributed by atoms with Crippen molar-refractivity contribution in [3.8, 4) is 11.8 Å². The Labute approximate surface area is 170 Å². The van der Waals surface area contributed by atoms with Gasteiger partial charge in [-0.05, 0) is 44.0 Å². The van der Waals surface area contributed by atoms with E-state index in [0.29, 0.717) is 5.69 Å². The number of rotatable bonds is 3. The van der Waals surface area contributed by atoms with Crippen molar-refractivity contribution < 1.29 is 19.0 Å². The summed E-state index contributed by atoms with van der Waals surface area (Å²) in [4.78, 5) is 14.7. The molecule has 1 spiro atoms. The van der Waals surface area contributed by atoms with Crippen molar-refractivity contribution in [3.63, 3.8) is 0 Å². The van der Waals surface area contributed by atoms with Crippen molar-refractivity contribution in [3.05, 3.63) is 52.6 Å². The van der Waals surface area contributed by atoms with Gasteiger partial charge in [-0.3, -0.25) is 4.90 Å². The third-order valence-electron chi connectivity index (χ3n) is 6.70. The molecule has 6 heteroatoms. The quantitative estimate of drug-likeness (QED) is 0.367. The first kappa shape index (κ1) is 18.4. The summed E-state index contributed by atoms with van der Waals surface area (Å²) in [6.07, 6.45) is 3.16. The zero-order valence-corrected chi connectivity index (χ0v) is 16.8. The fourth-order valence-corrected chi connectivity index (χ4v) is 5.64. The molecule has 3 heterocycles. The normalized spacial score (nSPS) is 32.2. The van der Waals surface area contributed by atoms with Gasteiger partial charge < -0.3 is 19.9 Å². The molecule has 1 aromatic rings. The number of carbonyl (C=O) groups excluding carboxylic acids is 1. The number of benzene rings is 1. The second-order valence-electron chi connectivity index (χ2n) is 8.00. The van der Waals surface area contributed by atoms with E-state index in [4.69, 9.17) is 19.9 Å². The number of hydrogen-bond donors (Lipinski definition) is 1. The van der Waals surface area contributed by atoms with E-state index in [1.165, 1.54) is 0 Å². The number of anilines is 1. The summed E-state index contributed by atoms with van der Waals surface area (Å²) in [5.41, 5.74) is 9.67. The third-order valence-corrected chi connectivity index (χ3v) is 6.70. The van der Waals surface area contributed by atoms with Crippen molar-refractivity contribution in [2.24, 2.45) is 0 Å². The maximum Gasteiger partial charge on any atom is 0.332 e. The lowest BCUT2D eigenvalue weighted by molar-refractivity contribution is -0.151. The largest absolute Gasteiger partial charge is 0.445 e. The Morgan fingerprint density at radius 1 is 1.21 bits per heavy atom. The molecule has 1 aromatic carbocycles. The first-order valence-corrected chi connectivity index (χ1v) is 9.92. The van der Waals surface area contributed by atoms with Gasteiger partial charge in [0.05, 0.1) is 12.1 Å². The molecule has 0 saturated carbocycles. The Kier molecular flexibility index (Phi) is 4.11. The van der Waals surface area contributed by atoms with Crippen LogP contribution >= 0.6 is 0 Å². The third kappa shape index (κ3) is 2.39. The van der Waals surface area contributed by atoms with Gasteiger partial charge in [-0.15, -0.1) is 0 Å². The van der Waals surface area contributed by atoms with Gasteiger partial charge in [0.1, 0.15) is 0 Å². The molecule has 2 saturated heterocycles. The standard InChI is InChI=1S/C23H24N2O4/c1-13-21-16(9-6-14-4-7-15(24)8-5-14)17-12-20(26)29-23(17,21)19-11-10-18(25(13)19)22(27-2)28-3/h4-5,7-8,12-13,18-19,22H,10-11,24H2,1-3H3/t13-,18?,19+,23-/m0/s1. The van der Waals surface area contributed by atoms with Crippen LogP contribution in [0.5, 0.6) is 0 Å². The van der Waals surface area contributed by atoms with Crippen LogP contribution in [0.4, 0.5) is 5.69 Å². The minimum absolute atomic E-state index is 0.0964. The second-order valence-corrected chi connectivity index (χ2v) is 8.00. The number of carbonyl (C=O) groups is 1. The molecule has 6 nitrogen and oxygen atoms in total. The number of ether oxygens (including phenoxy) is 3. The lowest BCUT2D eigenvalue weighted by Crippen LogP contribution is -2.51. The molecule has 2 fully saturated rings. The minimum Gasteiger partial charge on any atom is -0.445 e. The number of nitrogens with zero attached hydrogens (tertiary/aromatic N) is 1. The van der Waals surface area contributed by atoms with E-state index in [1.54, 1.807) is 20.3 Å². The zero-order chi connectivity index (χ0) is 20.3. The molecule has 3 aliphatic heterocycles. The van der Waals surface area contributed by atoms with Crippen molar-refractivity contribution in [1.29, 1.82) is 0 Å². The van der Waals surface area contributed by atoms with Crippen molar-refractivity contribution in [1.82, 2.24) is 4.90 Å². The molecule has 150 valence electrons. The first-order chi connectivity index (χ1) is 14.0. The maximum absolute atomic E-state index is 12.3. The fraction of sp³-hybridized carbons (Fsp3) is 0.435. The number of nitrogens with two attached hydrogens (primary N) is 1. The summed E-state index contributed by atoms with van der Waals surface area (Å²) in [5, 5.41) is 0. The molecule has 4 aliphatic rings. The Bertz CT molecular complexity index is 996. The molecule has 1 aliphatic carbocycles. The van der Waals surface area contributed by atoms with Crippen LogP contribution in [-0.2, 0) is 19.0 Å². The van der Waals surface area contributed by atoms with Crippen LogP contribution in [0, 0.1) is 11.8 Å². The highest BCUT2D eigenvalue weighted by molar-refractivity contribution is 5.94. The highest BCUT2D eigenvalue weighted by Crippen LogP contribution is 2.62. The van der Waals surface area contributed by atoms with Gasteiger partial charge in [0.2, 0.25) is 0 Å². The molecule has 4 atom stereocenters. The summed E-state index contributed by atoms with van der Waals surface area (Å²) in [7, 11) is 3.33. The highest BCUT2D eigenvalue weighted by atomic mass is 16.7. The van der Waals surface area contributed by atoms with E-state index >= 15 is 0 Å². The number of hydrogen-bond acceptors (Lipinski definition) is 6. The molecule has 29 heavy (non-hydrogen) atoms. The van der Waals surface area contributed by atoms with E-state index in [9.17, 15) is 4.79 Å². The van der Waals surface area contributed by atoms with E-state index in [2.05, 4.69) is 23.7 Å². The lowest BCUT2D eigenvalue weighted by Gasteiger charge is -2.41. The van der Waals surface area contributed by atoms with Crippen molar-refractivity contribution in [2.75, 3.05) is 20.0 Å². The number of methoxy groups -OCH3 is 2. The highest BCUT2D eigenvalue weighted by Gasteiger charge is 2.71. The van der Waals surface area contributed by atoms with Gasteiger partial charge in [0, 0.05) is 54.3 Å². The van der Waals surface area contributed by atoms with Gasteiger partial charge >= 0.3 is 5.97 Å². The van der Waals surface area contributed by atoms with Crippen LogP contribution in [0.25, 0.3) is 0 Å². The average Bonchev–Trinajstić information content (AvgIpc) is 3.31. The number of esters is 1. The summed E-state index contributed by atoms with van der Waals surface area (Å²) >= 11 is 0. The SMILES string of the molecule is COC(OC)C1CC[C@H]2N1[C@@H](C)C1=C(C#Cc3ccc(N)cc3)C3=CC(=O)O[C@]312. The van der Waals surface area contributed by atoms with Gasteiger partial charge in [-0.1, -0.05) is 11.8 Å². The lowest BCUT2D eigenvalue weighted by atomic mass is 9.66. The summed E-state index contributed by atoms with van der Waals surface area (Å²) in [5.74, 6) is 6.24. The predicted molar refractivity (Wildman–Crippen MR) is 108 cm³/mol. The molecular weight excluding hydrogens is 368 g/mol. The van der Waals surface area contributed by atoms with Crippen molar-refractivity contribution >= 4 is 11.7 Å². The number of nitrogen functional groups attached to an aromatic ring is 1. The minimum atomic E-state index is -0.650. The molecule has 0 amide bonds. The van der Waals surface area contributed by atoms with E-state index in [0.717, 1.165) is 35.1 Å². The van der Waals surface area contributed by atoms with Crippen LogP contribution in [0.2, 0.25) is 0 Å². The topological polar surface area (TPSA) is 74.0 Å². The molecule has 0 bridgehead atoms. The number of fused-ring (bicyclic) bond motifs is 1. The molecule has 0 aromatic heterocycles. The fourth-order valence-electron chi connectivity index (χ4n) is 5.64. The van der Waals surface area contributed by atoms with Gasteiger partial charge in [-0.2, -0.15) is 0 Å². The van der Waals surface area contributed by atoms with E-state index in [1.807, 2.05) is 24.3 Å². The predicted octanol–water partition coefficient (Wildman–Crippen LogP) is 2.01. The Balaban J connectivity index is 1.56. The zero-order valence-electron chi connectivity index (χ0n) is 16.8. The maximum atomic E-state index is 12.3. The van der Waals surface area contributed by atoms with Crippen LogP contribution in [0.15, 0.2) is 47.1 Å². The molecular formula is C23H24N2O4. The van der Waals surface area contributed by atoms with Gasteiger partial charge in [0.15, 0.2) is 11.9 Å². The molecule has 2 N–H and O–H groups in total. The Morgan fingerprint density at radius 2 is 1.93 bits per heavy atom. The van der Waals surface area contributed by atoms with Gasteiger partial charge in [-0.25, -0.2) is 4.79 Å². The van der Waals surface area contributed by atoms with Crippen LogP contribution < -0.4 is 5.73 Å². The monoisotopic (exact) mass is 392 g/mol. The summed E-state index contributed by atoms with van der Waals surface area (Å²) < 4.78 is 17.1.